The van der Waals surface area contributed by atoms with Gasteiger partial charge < -0.3 is 5.32 Å². The zero-order chi connectivity index (χ0) is 25.7. The van der Waals surface area contributed by atoms with E-state index >= 15 is 0 Å². The molecule has 3 amide bonds. The van der Waals surface area contributed by atoms with Gasteiger partial charge in [-0.05, 0) is 48.2 Å². The fraction of sp³-hybridized carbons (Fsp3) is 0.185. The van der Waals surface area contributed by atoms with Crippen LogP contribution in [0.2, 0.25) is 0 Å². The molecule has 3 unspecified atom stereocenters. The highest BCUT2D eigenvalue weighted by Crippen LogP contribution is 2.54. The second-order valence-corrected chi connectivity index (χ2v) is 12.0. The van der Waals surface area contributed by atoms with E-state index in [-0.39, 0.29) is 29.1 Å². The molecule has 0 spiro atoms. The summed E-state index contributed by atoms with van der Waals surface area (Å²) in [6.07, 6.45) is 0. The summed E-state index contributed by atoms with van der Waals surface area (Å²) < 4.78 is 1.44. The number of aromatic nitrogens is 1. The first kappa shape index (κ1) is 23.9. The number of nitrogens with one attached hydrogen (secondary N) is 1. The minimum Gasteiger partial charge on any atom is -0.325 e. The maximum absolute atomic E-state index is 13.7. The van der Waals surface area contributed by atoms with E-state index in [0.717, 1.165) is 26.7 Å². The standard InChI is InChI=1S/C27H21N3O4S3/c1-15-7-5-8-16(13-15)28-19(31)14-29-26-23(37-27(29)34)20(18-11-6-12-35-18)21-22(36-26)25(33)30(24(21)32)17-9-3-2-4-10-17/h2-13,20-22H,14H2,1H3,(H,28,31). The zero-order valence-electron chi connectivity index (χ0n) is 19.6. The van der Waals surface area contributed by atoms with Gasteiger partial charge in [0.05, 0.1) is 16.6 Å². The molecule has 0 radical (unpaired) electrons. The van der Waals surface area contributed by atoms with Crippen molar-refractivity contribution in [1.29, 1.82) is 0 Å². The Morgan fingerprint density at radius 3 is 2.51 bits per heavy atom. The number of amides is 3. The van der Waals surface area contributed by atoms with Crippen molar-refractivity contribution in [2.45, 2.75) is 29.7 Å². The van der Waals surface area contributed by atoms with E-state index < -0.39 is 17.1 Å². The summed E-state index contributed by atoms with van der Waals surface area (Å²) in [5.41, 5.74) is 2.20. The van der Waals surface area contributed by atoms with Gasteiger partial charge in [-0.25, -0.2) is 4.90 Å². The maximum Gasteiger partial charge on any atom is 0.308 e. The van der Waals surface area contributed by atoms with Gasteiger partial charge in [-0.1, -0.05) is 59.5 Å². The number of thiazole rings is 1. The number of fused-ring (bicyclic) bond motifs is 2. The Bertz CT molecular complexity index is 1580. The summed E-state index contributed by atoms with van der Waals surface area (Å²) in [6, 6.07) is 20.2. The summed E-state index contributed by atoms with van der Waals surface area (Å²) >= 11 is 3.78. The topological polar surface area (TPSA) is 88.5 Å². The van der Waals surface area contributed by atoms with Crippen molar-refractivity contribution in [3.63, 3.8) is 0 Å². The average molecular weight is 548 g/mol. The largest absolute Gasteiger partial charge is 0.325 e. The van der Waals surface area contributed by atoms with Gasteiger partial charge in [0.25, 0.3) is 0 Å². The molecule has 2 aliphatic rings. The van der Waals surface area contributed by atoms with E-state index in [4.69, 9.17) is 0 Å². The van der Waals surface area contributed by atoms with Gasteiger partial charge >= 0.3 is 4.87 Å². The number of carbonyl (C=O) groups is 3. The molecule has 0 saturated carbocycles. The predicted octanol–water partition coefficient (Wildman–Crippen LogP) is 4.71. The Kier molecular flexibility index (Phi) is 6.10. The molecule has 37 heavy (non-hydrogen) atoms. The molecule has 0 bridgehead atoms. The molecule has 1 fully saturated rings. The predicted molar refractivity (Wildman–Crippen MR) is 147 cm³/mol. The van der Waals surface area contributed by atoms with Crippen molar-refractivity contribution in [3.8, 4) is 0 Å². The molecule has 2 aromatic heterocycles. The SMILES string of the molecule is Cc1cccc(NC(=O)Cn2c3c(sc2=O)C(c2cccs2)C2C(=O)N(c4ccccc4)C(=O)C2S3)c1. The quantitative estimate of drug-likeness (QED) is 0.366. The lowest BCUT2D eigenvalue weighted by molar-refractivity contribution is -0.122. The van der Waals surface area contributed by atoms with Crippen LogP contribution >= 0.6 is 34.4 Å². The van der Waals surface area contributed by atoms with Gasteiger partial charge in [-0.2, -0.15) is 0 Å². The molecule has 6 rings (SSSR count). The van der Waals surface area contributed by atoms with Crippen LogP contribution in [0.4, 0.5) is 11.4 Å². The average Bonchev–Trinajstić information content (AvgIpc) is 3.57. The number of hydrogen-bond donors (Lipinski definition) is 1. The second-order valence-electron chi connectivity index (χ2n) is 8.95. The number of aryl methyl sites for hydroxylation is 1. The summed E-state index contributed by atoms with van der Waals surface area (Å²) in [5.74, 6) is -1.94. The summed E-state index contributed by atoms with van der Waals surface area (Å²) in [7, 11) is 0. The first-order valence-corrected chi connectivity index (χ1v) is 14.2. The van der Waals surface area contributed by atoms with Crippen LogP contribution in [0.25, 0.3) is 0 Å². The molecule has 7 nitrogen and oxygen atoms in total. The van der Waals surface area contributed by atoms with Gasteiger partial charge in [0, 0.05) is 21.4 Å². The van der Waals surface area contributed by atoms with E-state index in [1.807, 2.05) is 48.7 Å². The molecule has 2 aromatic carbocycles. The Hall–Kier alpha value is -3.47. The third-order valence-corrected chi connectivity index (χ3v) is 10.1. The summed E-state index contributed by atoms with van der Waals surface area (Å²) in [5, 5.41) is 4.68. The summed E-state index contributed by atoms with van der Waals surface area (Å²) in [6.45, 7) is 1.76. The number of rotatable bonds is 5. The molecule has 4 aromatic rings. The van der Waals surface area contributed by atoms with Crippen LogP contribution in [0, 0.1) is 12.8 Å². The fourth-order valence-corrected chi connectivity index (χ4v) is 8.65. The van der Waals surface area contributed by atoms with Gasteiger partial charge in [-0.3, -0.25) is 23.7 Å². The normalized spacial score (nSPS) is 20.6. The lowest BCUT2D eigenvalue weighted by Crippen LogP contribution is -2.32. The van der Waals surface area contributed by atoms with E-state index in [2.05, 4.69) is 5.32 Å². The van der Waals surface area contributed by atoms with Crippen LogP contribution in [-0.2, 0) is 20.9 Å². The Labute approximate surface area is 224 Å². The van der Waals surface area contributed by atoms with E-state index in [1.165, 1.54) is 32.6 Å². The molecule has 10 heteroatoms. The minimum absolute atomic E-state index is 0.176. The number of benzene rings is 2. The molecule has 3 atom stereocenters. The highest BCUT2D eigenvalue weighted by atomic mass is 32.2. The van der Waals surface area contributed by atoms with Crippen LogP contribution < -0.4 is 15.1 Å². The molecule has 1 N–H and O–H groups in total. The maximum atomic E-state index is 13.7. The Morgan fingerprint density at radius 2 is 1.78 bits per heavy atom. The molecule has 1 saturated heterocycles. The molecular weight excluding hydrogens is 527 g/mol. The fourth-order valence-electron chi connectivity index (χ4n) is 4.93. The Morgan fingerprint density at radius 1 is 0.973 bits per heavy atom. The van der Waals surface area contributed by atoms with Crippen molar-refractivity contribution < 1.29 is 14.4 Å². The van der Waals surface area contributed by atoms with Crippen molar-refractivity contribution in [2.75, 3.05) is 10.2 Å². The number of para-hydroxylation sites is 1. The molecular formula is C27H21N3O4S3. The van der Waals surface area contributed by atoms with Gasteiger partial charge in [0.15, 0.2) is 0 Å². The van der Waals surface area contributed by atoms with Crippen LogP contribution in [0.5, 0.6) is 0 Å². The van der Waals surface area contributed by atoms with E-state index in [1.54, 1.807) is 30.3 Å². The number of hydrogen-bond acceptors (Lipinski definition) is 7. The highest BCUT2D eigenvalue weighted by Gasteiger charge is 2.57. The van der Waals surface area contributed by atoms with Gasteiger partial charge in [-0.15, -0.1) is 11.3 Å². The van der Waals surface area contributed by atoms with Crippen LogP contribution in [0.1, 0.15) is 21.2 Å². The third kappa shape index (κ3) is 4.14. The number of nitrogens with zero attached hydrogens (tertiary/aromatic N) is 2. The van der Waals surface area contributed by atoms with Crippen LogP contribution in [-0.4, -0.2) is 27.5 Å². The number of thiophene rings is 1. The summed E-state index contributed by atoms with van der Waals surface area (Å²) in [4.78, 5) is 56.0. The van der Waals surface area contributed by atoms with Crippen molar-refractivity contribution in [3.05, 3.63) is 97.1 Å². The smallest absolute Gasteiger partial charge is 0.308 e. The first-order valence-electron chi connectivity index (χ1n) is 11.7. The van der Waals surface area contributed by atoms with Crippen molar-refractivity contribution in [2.24, 2.45) is 5.92 Å². The van der Waals surface area contributed by atoms with Gasteiger partial charge in [0.2, 0.25) is 17.7 Å². The van der Waals surface area contributed by atoms with Crippen molar-refractivity contribution >= 4 is 63.5 Å². The monoisotopic (exact) mass is 547 g/mol. The number of carbonyl (C=O) groups excluding carboxylic acids is 3. The molecule has 4 heterocycles. The molecule has 2 aliphatic heterocycles. The van der Waals surface area contributed by atoms with Crippen LogP contribution in [0.3, 0.4) is 0 Å². The first-order chi connectivity index (χ1) is 17.9. The molecule has 0 aliphatic carbocycles. The second kappa shape index (κ2) is 9.44. The zero-order valence-corrected chi connectivity index (χ0v) is 22.1. The van der Waals surface area contributed by atoms with Crippen molar-refractivity contribution in [1.82, 2.24) is 4.57 Å². The van der Waals surface area contributed by atoms with E-state index in [0.29, 0.717) is 16.4 Å². The molecule has 186 valence electrons. The van der Waals surface area contributed by atoms with Gasteiger partial charge in [0.1, 0.15) is 11.8 Å². The number of thioether (sulfide) groups is 1. The lowest BCUT2D eigenvalue weighted by atomic mass is 9.87. The Balaban J connectivity index is 1.39. The van der Waals surface area contributed by atoms with E-state index in [9.17, 15) is 19.2 Å². The van der Waals surface area contributed by atoms with Crippen LogP contribution in [0.15, 0.2) is 81.9 Å². The highest BCUT2D eigenvalue weighted by molar-refractivity contribution is 8.00. The lowest BCUT2D eigenvalue weighted by Gasteiger charge is -2.29. The number of anilines is 2. The minimum atomic E-state index is -0.688. The number of imide groups is 1. The third-order valence-electron chi connectivity index (χ3n) is 6.52.